The molecular formula is C33H48Cl4N2. The minimum absolute atomic E-state index is 0. The third-order valence-electron chi connectivity index (χ3n) is 9.97. The van der Waals surface area contributed by atoms with Gasteiger partial charge < -0.3 is 11.1 Å². The number of hydrogen-bond donors (Lipinski definition) is 2. The first-order valence-corrected chi connectivity index (χ1v) is 15.8. The lowest BCUT2D eigenvalue weighted by Gasteiger charge is -2.47. The maximum absolute atomic E-state index is 6.49. The van der Waals surface area contributed by atoms with E-state index in [4.69, 9.17) is 28.9 Å². The molecule has 2 nitrogen and oxygen atoms in total. The monoisotopic (exact) mass is 612 g/mol. The lowest BCUT2D eigenvalue weighted by molar-refractivity contribution is 0.172. The van der Waals surface area contributed by atoms with Crippen LogP contribution in [-0.4, -0.2) is 12.6 Å². The molecule has 0 radical (unpaired) electrons. The Balaban J connectivity index is 0.000000207. The summed E-state index contributed by atoms with van der Waals surface area (Å²) in [5.74, 6) is 1.80. The van der Waals surface area contributed by atoms with Crippen LogP contribution in [0.25, 0.3) is 0 Å². The van der Waals surface area contributed by atoms with Crippen LogP contribution in [0, 0.1) is 11.8 Å². The minimum atomic E-state index is 0. The van der Waals surface area contributed by atoms with Gasteiger partial charge in [-0.15, -0.1) is 24.8 Å². The fourth-order valence-corrected chi connectivity index (χ4v) is 7.18. The highest BCUT2D eigenvalue weighted by Crippen LogP contribution is 2.49. The molecule has 4 aliphatic rings. The first kappa shape index (κ1) is 33.0. The second kappa shape index (κ2) is 15.1. The Kier molecular flexibility index (Phi) is 12.8. The van der Waals surface area contributed by atoms with Crippen LogP contribution in [0.15, 0.2) is 48.5 Å². The van der Waals surface area contributed by atoms with E-state index in [2.05, 4.69) is 29.6 Å². The Hall–Kier alpha value is -0.480. The summed E-state index contributed by atoms with van der Waals surface area (Å²) in [5.41, 5.74) is 9.83. The van der Waals surface area contributed by atoms with Crippen molar-refractivity contribution in [3.8, 4) is 0 Å². The summed E-state index contributed by atoms with van der Waals surface area (Å²) in [6.07, 6.45) is 20.3. The molecule has 4 saturated carbocycles. The van der Waals surface area contributed by atoms with Gasteiger partial charge in [0.25, 0.3) is 0 Å². The molecule has 39 heavy (non-hydrogen) atoms. The van der Waals surface area contributed by atoms with Crippen molar-refractivity contribution in [3.05, 3.63) is 69.7 Å². The van der Waals surface area contributed by atoms with Crippen molar-refractivity contribution in [1.82, 2.24) is 5.32 Å². The highest BCUT2D eigenvalue weighted by Gasteiger charge is 2.45. The van der Waals surface area contributed by atoms with E-state index < -0.39 is 0 Å². The van der Waals surface area contributed by atoms with Crippen molar-refractivity contribution in [2.75, 3.05) is 6.54 Å². The number of benzene rings is 2. The topological polar surface area (TPSA) is 38.0 Å². The van der Waals surface area contributed by atoms with E-state index >= 15 is 0 Å². The average molecular weight is 615 g/mol. The van der Waals surface area contributed by atoms with Crippen LogP contribution in [0.3, 0.4) is 0 Å². The Morgan fingerprint density at radius 2 is 1.18 bits per heavy atom. The molecule has 0 aromatic heterocycles. The SMILES string of the molecule is Cl.Cl.Clc1ccc(C2(NCC3CCCCCC3)CCC2)cc1.NC(CC1CC1)C1(c2ccc(Cl)cc2)CCC1. The molecule has 0 heterocycles. The summed E-state index contributed by atoms with van der Waals surface area (Å²) in [5, 5.41) is 5.58. The number of hydrogen-bond acceptors (Lipinski definition) is 2. The van der Waals surface area contributed by atoms with E-state index in [9.17, 15) is 0 Å². The van der Waals surface area contributed by atoms with E-state index in [0.717, 1.165) is 21.9 Å². The molecule has 0 aliphatic heterocycles. The molecule has 6 rings (SSSR count). The molecular weight excluding hydrogens is 566 g/mol. The predicted molar refractivity (Wildman–Crippen MR) is 173 cm³/mol. The van der Waals surface area contributed by atoms with Crippen molar-refractivity contribution in [3.63, 3.8) is 0 Å². The van der Waals surface area contributed by atoms with E-state index in [1.54, 1.807) is 0 Å². The molecule has 2 aromatic rings. The fraction of sp³-hybridized carbons (Fsp3) is 0.636. The smallest absolute Gasteiger partial charge is 0.0434 e. The van der Waals surface area contributed by atoms with E-state index in [0.29, 0.717) is 6.04 Å². The van der Waals surface area contributed by atoms with Gasteiger partial charge >= 0.3 is 0 Å². The summed E-state index contributed by atoms with van der Waals surface area (Å²) in [7, 11) is 0. The summed E-state index contributed by atoms with van der Waals surface area (Å²) in [4.78, 5) is 0. The maximum atomic E-state index is 6.49. The summed E-state index contributed by atoms with van der Waals surface area (Å²) in [6.45, 7) is 1.20. The van der Waals surface area contributed by atoms with Crippen molar-refractivity contribution < 1.29 is 0 Å². The molecule has 4 aliphatic carbocycles. The van der Waals surface area contributed by atoms with Crippen LogP contribution in [0.5, 0.6) is 0 Å². The lowest BCUT2D eigenvalue weighted by Crippen LogP contribution is -2.50. The zero-order valence-corrected chi connectivity index (χ0v) is 26.5. The zero-order valence-electron chi connectivity index (χ0n) is 23.3. The average Bonchev–Trinajstić information content (AvgIpc) is 3.68. The predicted octanol–water partition coefficient (Wildman–Crippen LogP) is 10.0. The summed E-state index contributed by atoms with van der Waals surface area (Å²) < 4.78 is 0. The molecule has 0 amide bonds. The molecule has 1 unspecified atom stereocenters. The summed E-state index contributed by atoms with van der Waals surface area (Å²) >= 11 is 12.0. The Labute approximate surface area is 259 Å². The van der Waals surface area contributed by atoms with Crippen LogP contribution in [-0.2, 0) is 11.0 Å². The van der Waals surface area contributed by atoms with Gasteiger partial charge in [-0.25, -0.2) is 0 Å². The van der Waals surface area contributed by atoms with Gasteiger partial charge in [-0.3, -0.25) is 0 Å². The van der Waals surface area contributed by atoms with Gasteiger partial charge in [0.15, 0.2) is 0 Å². The van der Waals surface area contributed by atoms with Crippen LogP contribution in [0.1, 0.15) is 107 Å². The molecule has 6 heteroatoms. The van der Waals surface area contributed by atoms with Crippen molar-refractivity contribution in [2.45, 2.75) is 113 Å². The third kappa shape index (κ3) is 8.30. The van der Waals surface area contributed by atoms with E-state index in [1.165, 1.54) is 114 Å². The first-order chi connectivity index (χ1) is 18.0. The molecule has 0 bridgehead atoms. The number of halogens is 4. The Morgan fingerprint density at radius 1 is 0.667 bits per heavy atom. The molecule has 4 fully saturated rings. The fourth-order valence-electron chi connectivity index (χ4n) is 6.93. The van der Waals surface area contributed by atoms with Gasteiger partial charge in [0.05, 0.1) is 0 Å². The van der Waals surface area contributed by atoms with Gasteiger partial charge in [-0.2, -0.15) is 0 Å². The standard InChI is InChI=1S/C18H26ClN.C15H20ClN.2ClH/c19-17-10-8-16(9-11-17)18(12-5-13-18)20-14-15-6-3-1-2-4-7-15;16-13-6-4-12(5-7-13)15(8-1-9-15)14(17)10-11-2-3-11;;/h8-11,15,20H,1-7,12-14H2;4-7,11,14H,1-3,8-10,17H2;2*1H. The van der Waals surface area contributed by atoms with Crippen molar-refractivity contribution >= 4 is 48.0 Å². The van der Waals surface area contributed by atoms with Gasteiger partial charge in [-0.05, 0) is 105 Å². The molecule has 2 aromatic carbocycles. The molecule has 3 N–H and O–H groups in total. The third-order valence-corrected chi connectivity index (χ3v) is 10.5. The first-order valence-electron chi connectivity index (χ1n) is 15.0. The van der Waals surface area contributed by atoms with Crippen LogP contribution in [0.4, 0.5) is 0 Å². The Bertz CT molecular complexity index is 974. The summed E-state index contributed by atoms with van der Waals surface area (Å²) in [6, 6.07) is 17.2. The van der Waals surface area contributed by atoms with Gasteiger partial charge in [0, 0.05) is 27.0 Å². The second-order valence-corrected chi connectivity index (χ2v) is 13.4. The van der Waals surface area contributed by atoms with Gasteiger partial charge in [0.2, 0.25) is 0 Å². The van der Waals surface area contributed by atoms with Crippen LogP contribution in [0.2, 0.25) is 10.0 Å². The van der Waals surface area contributed by atoms with Gasteiger partial charge in [0.1, 0.15) is 0 Å². The molecule has 0 saturated heterocycles. The number of rotatable bonds is 8. The highest BCUT2D eigenvalue weighted by atomic mass is 35.5. The maximum Gasteiger partial charge on any atom is 0.0434 e. The van der Waals surface area contributed by atoms with E-state index in [-0.39, 0.29) is 35.8 Å². The largest absolute Gasteiger partial charge is 0.327 e. The van der Waals surface area contributed by atoms with Crippen molar-refractivity contribution in [1.29, 1.82) is 0 Å². The van der Waals surface area contributed by atoms with Crippen molar-refractivity contribution in [2.24, 2.45) is 17.6 Å². The zero-order chi connectivity index (χ0) is 25.7. The second-order valence-electron chi connectivity index (χ2n) is 12.5. The molecule has 218 valence electrons. The quantitative estimate of drug-likeness (QED) is 0.291. The normalized spacial score (nSPS) is 22.3. The van der Waals surface area contributed by atoms with E-state index in [1.807, 2.05) is 24.3 Å². The molecule has 1 atom stereocenters. The van der Waals surface area contributed by atoms with Crippen LogP contribution < -0.4 is 11.1 Å². The van der Waals surface area contributed by atoms with Gasteiger partial charge in [-0.1, -0.05) is 92.4 Å². The minimum Gasteiger partial charge on any atom is -0.327 e. The van der Waals surface area contributed by atoms with Crippen LogP contribution >= 0.6 is 48.0 Å². The highest BCUT2D eigenvalue weighted by molar-refractivity contribution is 6.30. The Morgan fingerprint density at radius 3 is 1.62 bits per heavy atom. The lowest BCUT2D eigenvalue weighted by atomic mass is 9.59. The number of nitrogens with one attached hydrogen (secondary N) is 1. The molecule has 0 spiro atoms. The number of nitrogens with two attached hydrogens (primary N) is 1.